The molecule has 0 aliphatic heterocycles. The third-order valence-electron chi connectivity index (χ3n) is 6.14. The van der Waals surface area contributed by atoms with E-state index < -0.39 is 59.3 Å². The molecule has 0 fully saturated rings. The van der Waals surface area contributed by atoms with Crippen LogP contribution in [0.1, 0.15) is 103 Å². The zero-order valence-corrected chi connectivity index (χ0v) is 22.1. The summed E-state index contributed by atoms with van der Waals surface area (Å²) in [6.45, 7) is 8.28. The standard InChI is InChI=1S/C33H40O4/c1-5-7-8-9-10-11-25-12-14-26(15-13-25)27-16-18-29(19-17-27)32(35)37-30-22-20-28(21-23-30)31(34)36-24-33(3,4)6-2/h12-23H,5-11,24H2,1-4H3/i12D,13D,14D,15D,16D,17D,18D,19D. The molecule has 0 saturated heterocycles. The first-order valence-electron chi connectivity index (χ1n) is 16.9. The van der Waals surface area contributed by atoms with Crippen LogP contribution in [0, 0.1) is 5.41 Å². The number of hydrogen-bond donors (Lipinski definition) is 0. The van der Waals surface area contributed by atoms with Gasteiger partial charge in [0.1, 0.15) is 5.75 Å². The van der Waals surface area contributed by atoms with Crippen molar-refractivity contribution in [1.29, 1.82) is 0 Å². The fourth-order valence-electron chi connectivity index (χ4n) is 3.30. The molecule has 0 aromatic heterocycles. The molecule has 0 bridgehead atoms. The molecule has 0 aliphatic carbocycles. The van der Waals surface area contributed by atoms with Gasteiger partial charge in [0.15, 0.2) is 0 Å². The number of rotatable bonds is 13. The first kappa shape index (κ1) is 18.8. The zero-order valence-electron chi connectivity index (χ0n) is 30.1. The normalized spacial score (nSPS) is 14.3. The van der Waals surface area contributed by atoms with Crippen molar-refractivity contribution in [2.24, 2.45) is 5.41 Å². The Morgan fingerprint density at radius 1 is 0.757 bits per heavy atom. The van der Waals surface area contributed by atoms with Crippen LogP contribution >= 0.6 is 0 Å². The van der Waals surface area contributed by atoms with E-state index in [1.807, 2.05) is 20.8 Å². The highest BCUT2D eigenvalue weighted by molar-refractivity contribution is 5.92. The SMILES string of the molecule is [2H]c1c([2H])c(-c2c([2H])c([2H])c(C(=O)Oc3ccc(C(=O)OCC(C)(C)CC)cc3)c([2H])c2[2H])c([2H])c([2H])c1CCCCCCC. The van der Waals surface area contributed by atoms with Crippen molar-refractivity contribution in [3.05, 3.63) is 89.3 Å². The number of hydrogen-bond acceptors (Lipinski definition) is 4. The Labute approximate surface area is 233 Å². The van der Waals surface area contributed by atoms with Gasteiger partial charge < -0.3 is 9.47 Å². The molecular weight excluding hydrogens is 460 g/mol. The Kier molecular flexibility index (Phi) is 7.00. The van der Waals surface area contributed by atoms with Gasteiger partial charge in [0, 0.05) is 0 Å². The second-order valence-electron chi connectivity index (χ2n) is 9.78. The number of esters is 2. The number of unbranched alkanes of at least 4 members (excludes halogenated alkanes) is 4. The first-order valence-corrected chi connectivity index (χ1v) is 12.9. The minimum Gasteiger partial charge on any atom is -0.462 e. The van der Waals surface area contributed by atoms with E-state index in [-0.39, 0.29) is 46.5 Å². The van der Waals surface area contributed by atoms with Crippen LogP contribution in [0.15, 0.2) is 72.6 Å². The van der Waals surface area contributed by atoms with Crippen molar-refractivity contribution in [2.75, 3.05) is 6.61 Å². The van der Waals surface area contributed by atoms with Gasteiger partial charge >= 0.3 is 11.9 Å². The van der Waals surface area contributed by atoms with E-state index in [1.54, 1.807) is 0 Å². The van der Waals surface area contributed by atoms with E-state index in [9.17, 15) is 9.59 Å². The van der Waals surface area contributed by atoms with E-state index >= 15 is 0 Å². The lowest BCUT2D eigenvalue weighted by molar-refractivity contribution is 0.0335. The molecule has 0 amide bonds. The number of ether oxygens (including phenoxy) is 2. The lowest BCUT2D eigenvalue weighted by Gasteiger charge is -2.21. The van der Waals surface area contributed by atoms with E-state index in [0.717, 1.165) is 32.1 Å². The average molecular weight is 509 g/mol. The highest BCUT2D eigenvalue weighted by Crippen LogP contribution is 2.23. The summed E-state index contributed by atoms with van der Waals surface area (Å²) in [6, 6.07) is 1.12. The molecular formula is C33H40O4. The molecule has 37 heavy (non-hydrogen) atoms. The smallest absolute Gasteiger partial charge is 0.343 e. The van der Waals surface area contributed by atoms with Gasteiger partial charge in [0.25, 0.3) is 0 Å². The Balaban J connectivity index is 1.90. The number of benzene rings is 3. The number of carbonyl (C=O) groups is 2. The summed E-state index contributed by atoms with van der Waals surface area (Å²) in [5.74, 6) is -1.72. The van der Waals surface area contributed by atoms with Crippen molar-refractivity contribution < 1.29 is 30.0 Å². The Bertz CT molecular complexity index is 1510. The van der Waals surface area contributed by atoms with E-state index in [2.05, 4.69) is 6.92 Å². The highest BCUT2D eigenvalue weighted by Gasteiger charge is 2.19. The summed E-state index contributed by atoms with van der Waals surface area (Å²) in [5.41, 5.74) is -1.14. The maximum Gasteiger partial charge on any atom is 0.343 e. The lowest BCUT2D eigenvalue weighted by Crippen LogP contribution is -2.21. The Morgan fingerprint density at radius 3 is 1.95 bits per heavy atom. The molecule has 0 aliphatic rings. The highest BCUT2D eigenvalue weighted by atomic mass is 16.5. The largest absolute Gasteiger partial charge is 0.462 e. The molecule has 0 N–H and O–H groups in total. The summed E-state index contributed by atoms with van der Waals surface area (Å²) in [7, 11) is 0. The molecule has 4 heteroatoms. The number of carbonyl (C=O) groups excluding carboxylic acids is 2. The lowest BCUT2D eigenvalue weighted by atomic mass is 9.92. The van der Waals surface area contributed by atoms with Gasteiger partial charge in [-0.05, 0) is 77.7 Å². The first-order chi connectivity index (χ1) is 21.2. The second-order valence-corrected chi connectivity index (χ2v) is 9.78. The monoisotopic (exact) mass is 508 g/mol. The quantitative estimate of drug-likeness (QED) is 0.132. The average Bonchev–Trinajstić information content (AvgIpc) is 3.01. The van der Waals surface area contributed by atoms with E-state index in [0.29, 0.717) is 12.8 Å². The molecule has 196 valence electrons. The van der Waals surface area contributed by atoms with Gasteiger partial charge in [-0.1, -0.05) is 89.6 Å². The van der Waals surface area contributed by atoms with Gasteiger partial charge in [0.2, 0.25) is 0 Å². The van der Waals surface area contributed by atoms with E-state index in [1.165, 1.54) is 24.3 Å². The van der Waals surface area contributed by atoms with Crippen molar-refractivity contribution in [3.63, 3.8) is 0 Å². The van der Waals surface area contributed by atoms with Crippen LogP contribution in [0.25, 0.3) is 11.1 Å². The van der Waals surface area contributed by atoms with Crippen LogP contribution in [0.5, 0.6) is 5.75 Å². The maximum absolute atomic E-state index is 13.1. The van der Waals surface area contributed by atoms with Crippen LogP contribution in [0.3, 0.4) is 0 Å². The van der Waals surface area contributed by atoms with Crippen molar-refractivity contribution in [2.45, 2.75) is 72.6 Å². The van der Waals surface area contributed by atoms with Gasteiger partial charge in [-0.2, -0.15) is 0 Å². The van der Waals surface area contributed by atoms with Gasteiger partial charge in [-0.25, -0.2) is 9.59 Å². The minimum absolute atomic E-state index is 0.00348. The molecule has 3 rings (SSSR count). The fourth-order valence-corrected chi connectivity index (χ4v) is 3.30. The van der Waals surface area contributed by atoms with Crippen LogP contribution in [-0.4, -0.2) is 18.5 Å². The van der Waals surface area contributed by atoms with Crippen LogP contribution in [0.2, 0.25) is 0 Å². The summed E-state index contributed by atoms with van der Waals surface area (Å²) in [5, 5.41) is 0. The third kappa shape index (κ3) is 8.89. The molecule has 0 atom stereocenters. The molecule has 0 unspecified atom stereocenters. The molecule has 3 aromatic rings. The van der Waals surface area contributed by atoms with Crippen LogP contribution < -0.4 is 4.74 Å². The molecule has 4 nitrogen and oxygen atoms in total. The second kappa shape index (κ2) is 13.8. The predicted molar refractivity (Wildman–Crippen MR) is 150 cm³/mol. The molecule has 0 heterocycles. The van der Waals surface area contributed by atoms with Crippen molar-refractivity contribution in [3.8, 4) is 16.9 Å². The summed E-state index contributed by atoms with van der Waals surface area (Å²) in [4.78, 5) is 25.5. The maximum atomic E-state index is 13.1. The predicted octanol–water partition coefficient (Wildman–Crippen LogP) is 8.68. The van der Waals surface area contributed by atoms with Gasteiger partial charge in [-0.3, -0.25) is 0 Å². The third-order valence-corrected chi connectivity index (χ3v) is 6.14. The Morgan fingerprint density at radius 2 is 1.35 bits per heavy atom. The van der Waals surface area contributed by atoms with Crippen molar-refractivity contribution in [1.82, 2.24) is 0 Å². The van der Waals surface area contributed by atoms with Crippen molar-refractivity contribution >= 4 is 11.9 Å². The van der Waals surface area contributed by atoms with Gasteiger partial charge in [-0.15, -0.1) is 0 Å². The Hall–Kier alpha value is -3.40. The molecule has 0 spiro atoms. The van der Waals surface area contributed by atoms with Gasteiger partial charge in [0.05, 0.1) is 28.7 Å². The zero-order chi connectivity index (χ0) is 33.6. The van der Waals surface area contributed by atoms with Crippen LogP contribution in [0.4, 0.5) is 0 Å². The topological polar surface area (TPSA) is 52.6 Å². The molecule has 0 saturated carbocycles. The summed E-state index contributed by atoms with van der Waals surface area (Å²) >= 11 is 0. The molecule has 0 radical (unpaired) electrons. The summed E-state index contributed by atoms with van der Waals surface area (Å²) in [6.07, 6.45) is 5.89. The minimum atomic E-state index is -1.17. The van der Waals surface area contributed by atoms with Crippen LogP contribution in [-0.2, 0) is 11.2 Å². The molecule has 3 aromatic carbocycles. The summed E-state index contributed by atoms with van der Waals surface area (Å²) < 4.78 is 79.0. The van der Waals surface area contributed by atoms with E-state index in [4.69, 9.17) is 20.4 Å². The fraction of sp³-hybridized carbons (Fsp3) is 0.394.